The van der Waals surface area contributed by atoms with Crippen molar-refractivity contribution in [2.45, 2.75) is 37.1 Å². The predicted molar refractivity (Wildman–Crippen MR) is 166 cm³/mol. The number of fused-ring (bicyclic) bond motifs is 2. The van der Waals surface area contributed by atoms with Gasteiger partial charge in [0.1, 0.15) is 11.2 Å². The Bertz CT molecular complexity index is 1700. The number of piperidine rings is 1. The number of benzene rings is 3. The van der Waals surface area contributed by atoms with E-state index in [1.54, 1.807) is 41.3 Å². The summed E-state index contributed by atoms with van der Waals surface area (Å²) in [6.07, 6.45) is 0.603. The molecule has 3 aliphatic rings. The first kappa shape index (κ1) is 30.1. The molecule has 3 aromatic rings. The molecule has 3 aromatic carbocycles. The number of hydrogen-bond acceptors (Lipinski definition) is 5. The first-order chi connectivity index (χ1) is 20.5. The summed E-state index contributed by atoms with van der Waals surface area (Å²) in [7, 11) is -3.02. The Kier molecular flexibility index (Phi) is 8.04. The standard InChI is InChI=1S/C32H32Cl2FN3O4S/c1-20-6-8-24(35)18-25(20)30-32(26-9-7-23(34)17-28(26)36-31(32)40)27(21-4-2-5-22(33)16-21)19-29(39)38(30)11-3-10-37-12-14-43(41,42)15-13-37/h2,4-9,16-18,27,30H,3,10-15,19H2,1H3,(H,36,40). The highest BCUT2D eigenvalue weighted by molar-refractivity contribution is 7.91. The first-order valence-electron chi connectivity index (χ1n) is 14.3. The number of carbonyl (C=O) groups excluding carboxylic acids is 2. The molecule has 0 bridgehead atoms. The van der Waals surface area contributed by atoms with Gasteiger partial charge < -0.3 is 15.1 Å². The predicted octanol–water partition coefficient (Wildman–Crippen LogP) is 5.51. The van der Waals surface area contributed by atoms with Crippen LogP contribution in [0.2, 0.25) is 10.0 Å². The van der Waals surface area contributed by atoms with Crippen LogP contribution in [-0.2, 0) is 24.8 Å². The highest BCUT2D eigenvalue weighted by Crippen LogP contribution is 2.60. The molecule has 11 heteroatoms. The molecular formula is C32H32Cl2FN3O4S. The van der Waals surface area contributed by atoms with E-state index in [-0.39, 0.29) is 29.7 Å². The first-order valence-corrected chi connectivity index (χ1v) is 16.9. The lowest BCUT2D eigenvalue weighted by Crippen LogP contribution is -2.58. The average molecular weight is 645 g/mol. The van der Waals surface area contributed by atoms with Crippen molar-refractivity contribution in [1.29, 1.82) is 0 Å². The lowest BCUT2D eigenvalue weighted by molar-refractivity contribution is -0.145. The summed E-state index contributed by atoms with van der Waals surface area (Å²) in [4.78, 5) is 32.5. The third-order valence-corrected chi connectivity index (χ3v) is 11.2. The fraction of sp³-hybridized carbons (Fsp3) is 0.375. The van der Waals surface area contributed by atoms with Crippen molar-refractivity contribution in [1.82, 2.24) is 9.80 Å². The third-order valence-electron chi connectivity index (χ3n) is 9.14. The van der Waals surface area contributed by atoms with Gasteiger partial charge in [-0.2, -0.15) is 0 Å². The number of amides is 2. The number of aryl methyl sites for hydroxylation is 1. The molecule has 3 atom stereocenters. The van der Waals surface area contributed by atoms with Crippen LogP contribution in [-0.4, -0.2) is 67.7 Å². The number of sulfone groups is 1. The van der Waals surface area contributed by atoms with Crippen LogP contribution in [0.1, 0.15) is 47.1 Å². The molecule has 0 aromatic heterocycles. The molecule has 6 rings (SSSR count). The monoisotopic (exact) mass is 643 g/mol. The van der Waals surface area contributed by atoms with Gasteiger partial charge >= 0.3 is 0 Å². The van der Waals surface area contributed by atoms with Crippen molar-refractivity contribution in [2.75, 3.05) is 43.0 Å². The summed E-state index contributed by atoms with van der Waals surface area (Å²) >= 11 is 12.8. The maximum Gasteiger partial charge on any atom is 0.238 e. The van der Waals surface area contributed by atoms with E-state index in [1.807, 2.05) is 19.1 Å². The van der Waals surface area contributed by atoms with Gasteiger partial charge in [-0.1, -0.05) is 47.5 Å². The van der Waals surface area contributed by atoms with Crippen molar-refractivity contribution < 1.29 is 22.4 Å². The molecule has 2 saturated heterocycles. The van der Waals surface area contributed by atoms with Crippen molar-refractivity contribution >= 4 is 50.5 Å². The van der Waals surface area contributed by atoms with Crippen molar-refractivity contribution in [3.8, 4) is 0 Å². The average Bonchev–Trinajstić information content (AvgIpc) is 3.23. The summed E-state index contributed by atoms with van der Waals surface area (Å²) in [5.74, 6) is -1.27. The second kappa shape index (κ2) is 11.5. The van der Waals surface area contributed by atoms with E-state index >= 15 is 0 Å². The SMILES string of the molecule is Cc1ccc(F)cc1C1N(CCCN2CCS(=O)(=O)CC2)C(=O)CC(c2cccc(Cl)c2)C12C(=O)Nc1cc(Cl)ccc12. The fourth-order valence-corrected chi connectivity index (χ4v) is 8.74. The largest absolute Gasteiger partial charge is 0.334 e. The molecule has 2 fully saturated rings. The molecule has 2 amide bonds. The number of anilines is 1. The molecule has 1 N–H and O–H groups in total. The molecule has 3 unspecified atom stereocenters. The quantitative estimate of drug-likeness (QED) is 0.383. The number of nitrogens with one attached hydrogen (secondary N) is 1. The number of halogens is 3. The van der Waals surface area contributed by atoms with Gasteiger partial charge in [0.2, 0.25) is 11.8 Å². The van der Waals surface area contributed by atoms with E-state index in [4.69, 9.17) is 23.2 Å². The topological polar surface area (TPSA) is 86.8 Å². The summed E-state index contributed by atoms with van der Waals surface area (Å²) in [5, 5.41) is 3.99. The number of nitrogens with zero attached hydrogens (tertiary/aromatic N) is 2. The van der Waals surface area contributed by atoms with Crippen LogP contribution in [0.5, 0.6) is 0 Å². The molecule has 1 spiro atoms. The lowest BCUT2D eigenvalue weighted by atomic mass is 9.58. The number of hydrogen-bond donors (Lipinski definition) is 1. The molecule has 3 heterocycles. The lowest BCUT2D eigenvalue weighted by Gasteiger charge is -2.52. The summed E-state index contributed by atoms with van der Waals surface area (Å²) in [6.45, 7) is 3.65. The maximum atomic E-state index is 15.0. The van der Waals surface area contributed by atoms with Gasteiger partial charge in [-0.15, -0.1) is 0 Å². The van der Waals surface area contributed by atoms with E-state index in [9.17, 15) is 22.4 Å². The molecule has 3 aliphatic heterocycles. The molecule has 0 radical (unpaired) electrons. The Morgan fingerprint density at radius 2 is 1.72 bits per heavy atom. The second-order valence-electron chi connectivity index (χ2n) is 11.7. The van der Waals surface area contributed by atoms with Crippen molar-refractivity contribution in [3.63, 3.8) is 0 Å². The van der Waals surface area contributed by atoms with E-state index < -0.39 is 33.0 Å². The second-order valence-corrected chi connectivity index (χ2v) is 14.8. The number of rotatable bonds is 6. The van der Waals surface area contributed by atoms with Gasteiger partial charge in [-0.25, -0.2) is 12.8 Å². The number of carbonyl (C=O) groups is 2. The normalized spacial score (nSPS) is 25.2. The highest BCUT2D eigenvalue weighted by Gasteiger charge is 2.63. The Balaban J connectivity index is 1.49. The zero-order chi connectivity index (χ0) is 30.5. The summed E-state index contributed by atoms with van der Waals surface area (Å²) in [5.41, 5.74) is 2.00. The maximum absolute atomic E-state index is 15.0. The third kappa shape index (κ3) is 5.45. The summed E-state index contributed by atoms with van der Waals surface area (Å²) in [6, 6.07) is 16.1. The van der Waals surface area contributed by atoms with Crippen LogP contribution >= 0.6 is 23.2 Å². The Labute approximate surface area is 260 Å². The molecule has 0 aliphatic carbocycles. The molecule has 7 nitrogen and oxygen atoms in total. The smallest absolute Gasteiger partial charge is 0.238 e. The van der Waals surface area contributed by atoms with Crippen LogP contribution in [0.3, 0.4) is 0 Å². The summed E-state index contributed by atoms with van der Waals surface area (Å²) < 4.78 is 38.8. The van der Waals surface area contributed by atoms with Crippen LogP contribution in [0.25, 0.3) is 0 Å². The molecule has 0 saturated carbocycles. The van der Waals surface area contributed by atoms with Crippen LogP contribution in [0, 0.1) is 12.7 Å². The highest BCUT2D eigenvalue weighted by atomic mass is 35.5. The Morgan fingerprint density at radius 3 is 2.47 bits per heavy atom. The van der Waals surface area contributed by atoms with Gasteiger partial charge in [0.25, 0.3) is 0 Å². The van der Waals surface area contributed by atoms with Gasteiger partial charge in [-0.3, -0.25) is 9.59 Å². The van der Waals surface area contributed by atoms with Crippen LogP contribution in [0.15, 0.2) is 60.7 Å². The van der Waals surface area contributed by atoms with Crippen molar-refractivity contribution in [2.24, 2.45) is 0 Å². The van der Waals surface area contributed by atoms with E-state index in [2.05, 4.69) is 10.2 Å². The van der Waals surface area contributed by atoms with Crippen LogP contribution < -0.4 is 5.32 Å². The zero-order valence-corrected chi connectivity index (χ0v) is 26.0. The van der Waals surface area contributed by atoms with E-state index in [0.717, 1.165) is 11.1 Å². The fourth-order valence-electron chi connectivity index (χ4n) is 7.09. The molecular weight excluding hydrogens is 612 g/mol. The van der Waals surface area contributed by atoms with Gasteiger partial charge in [0.15, 0.2) is 9.84 Å². The minimum Gasteiger partial charge on any atom is -0.334 e. The zero-order valence-electron chi connectivity index (χ0n) is 23.7. The van der Waals surface area contributed by atoms with E-state index in [0.29, 0.717) is 59.5 Å². The molecule has 226 valence electrons. The van der Waals surface area contributed by atoms with Crippen LogP contribution in [0.4, 0.5) is 10.1 Å². The number of likely N-dealkylation sites (tertiary alicyclic amines) is 1. The van der Waals surface area contributed by atoms with Gasteiger partial charge in [0, 0.05) is 47.7 Å². The van der Waals surface area contributed by atoms with Gasteiger partial charge in [-0.05, 0) is 78.5 Å². The van der Waals surface area contributed by atoms with E-state index in [1.165, 1.54) is 12.1 Å². The molecule has 43 heavy (non-hydrogen) atoms. The Hall–Kier alpha value is -2.98. The minimum atomic E-state index is -3.02. The Morgan fingerprint density at radius 1 is 0.977 bits per heavy atom. The minimum absolute atomic E-state index is 0.0443. The van der Waals surface area contributed by atoms with Gasteiger partial charge in [0.05, 0.1) is 17.5 Å². The van der Waals surface area contributed by atoms with Crippen molar-refractivity contribution in [3.05, 3.63) is 98.8 Å².